The summed E-state index contributed by atoms with van der Waals surface area (Å²) in [5, 5.41) is 7.00. The highest BCUT2D eigenvalue weighted by molar-refractivity contribution is 5.82. The molecule has 0 unspecified atom stereocenters. The Morgan fingerprint density at radius 3 is 0.981 bits per heavy atom. The molecule has 2 N–H and O–H groups in total. The zero-order valence-electron chi connectivity index (χ0n) is 27.9. The van der Waals surface area contributed by atoms with Crippen LogP contribution in [0.5, 0.6) is 0 Å². The molecule has 8 nitrogen and oxygen atoms in total. The molecule has 0 saturated carbocycles. The van der Waals surface area contributed by atoms with Crippen LogP contribution in [0.15, 0.2) is 192 Å². The fourth-order valence-corrected chi connectivity index (χ4v) is 6.85. The monoisotopic (exact) mass is 676 g/mol. The van der Waals surface area contributed by atoms with Gasteiger partial charge < -0.3 is 10.6 Å². The van der Waals surface area contributed by atoms with Crippen LogP contribution in [0.25, 0.3) is 44.8 Å². The van der Waals surface area contributed by atoms with Crippen molar-refractivity contribution in [2.75, 3.05) is 10.6 Å². The molecule has 0 radical (unpaired) electrons. The summed E-state index contributed by atoms with van der Waals surface area (Å²) in [6.45, 7) is 0. The topological polar surface area (TPSA) is 77.9 Å². The van der Waals surface area contributed by atoms with Gasteiger partial charge in [0, 0.05) is 11.4 Å². The van der Waals surface area contributed by atoms with Gasteiger partial charge in [-0.3, -0.25) is 18.3 Å². The summed E-state index contributed by atoms with van der Waals surface area (Å²) >= 11 is 0. The number of anilines is 4. The van der Waals surface area contributed by atoms with Crippen LogP contribution < -0.4 is 22.0 Å². The molecule has 2 aromatic heterocycles. The predicted molar refractivity (Wildman–Crippen MR) is 211 cm³/mol. The number of imidazole rings is 2. The second-order valence-corrected chi connectivity index (χ2v) is 12.4. The first-order chi connectivity index (χ1) is 25.6. The molecule has 0 fully saturated rings. The first-order valence-electron chi connectivity index (χ1n) is 17.0. The van der Waals surface area contributed by atoms with Crippen molar-refractivity contribution in [2.45, 2.75) is 0 Å². The maximum absolute atomic E-state index is 14.3. The van der Waals surface area contributed by atoms with Crippen molar-refractivity contribution < 1.29 is 0 Å². The van der Waals surface area contributed by atoms with E-state index in [0.29, 0.717) is 11.4 Å². The fraction of sp³-hybridized carbons (Fsp3) is 0. The lowest BCUT2D eigenvalue weighted by molar-refractivity contribution is 0.919. The normalized spacial score (nSPS) is 11.2. The molecule has 0 spiro atoms. The number of hydrogen-bond donors (Lipinski definition) is 2. The third-order valence-electron chi connectivity index (χ3n) is 9.26. The van der Waals surface area contributed by atoms with E-state index in [1.165, 1.54) is 0 Å². The van der Waals surface area contributed by atoms with Crippen molar-refractivity contribution in [2.24, 2.45) is 0 Å². The second-order valence-electron chi connectivity index (χ2n) is 12.4. The van der Waals surface area contributed by atoms with Gasteiger partial charge >= 0.3 is 11.4 Å². The van der Waals surface area contributed by atoms with Crippen LogP contribution in [0, 0.1) is 0 Å². The fourth-order valence-electron chi connectivity index (χ4n) is 6.85. The highest BCUT2D eigenvalue weighted by Crippen LogP contribution is 2.30. The van der Waals surface area contributed by atoms with Crippen LogP contribution in [0.4, 0.5) is 22.7 Å². The SMILES string of the molecule is O=c1n(-c2ccccc2)c2ccccc2n1-c1ccc(-n2c(=O)n(-c3ccc(Nc4ccccc4Nc4ccccc4)cc3)c3ccccc32)cc1. The molecule has 250 valence electrons. The molecule has 0 atom stereocenters. The van der Waals surface area contributed by atoms with Crippen molar-refractivity contribution in [1.29, 1.82) is 0 Å². The Labute approximate surface area is 298 Å². The van der Waals surface area contributed by atoms with Crippen LogP contribution >= 0.6 is 0 Å². The minimum Gasteiger partial charge on any atom is -0.354 e. The van der Waals surface area contributed by atoms with Crippen LogP contribution in [-0.4, -0.2) is 18.3 Å². The molecule has 0 saturated heterocycles. The Hall–Kier alpha value is -7.32. The molecule has 9 rings (SSSR count). The van der Waals surface area contributed by atoms with Gasteiger partial charge in [-0.15, -0.1) is 0 Å². The van der Waals surface area contributed by atoms with E-state index in [1.54, 1.807) is 18.3 Å². The lowest BCUT2D eigenvalue weighted by Crippen LogP contribution is -2.23. The molecule has 0 aliphatic carbocycles. The van der Waals surface area contributed by atoms with Gasteiger partial charge in [-0.05, 0) is 109 Å². The summed E-state index contributed by atoms with van der Waals surface area (Å²) in [6, 6.07) is 58.7. The first-order valence-corrected chi connectivity index (χ1v) is 17.0. The van der Waals surface area contributed by atoms with Crippen LogP contribution in [0.3, 0.4) is 0 Å². The van der Waals surface area contributed by atoms with E-state index < -0.39 is 0 Å². The molecule has 8 heteroatoms. The minimum absolute atomic E-state index is 0.164. The summed E-state index contributed by atoms with van der Waals surface area (Å²) in [6.07, 6.45) is 0. The Balaban J connectivity index is 1.06. The van der Waals surface area contributed by atoms with E-state index in [0.717, 1.165) is 56.2 Å². The van der Waals surface area contributed by atoms with Crippen LogP contribution in [-0.2, 0) is 0 Å². The van der Waals surface area contributed by atoms with Gasteiger partial charge in [0.2, 0.25) is 0 Å². The summed E-state index contributed by atoms with van der Waals surface area (Å²) in [5.74, 6) is 0. The molecule has 52 heavy (non-hydrogen) atoms. The summed E-state index contributed by atoms with van der Waals surface area (Å²) in [7, 11) is 0. The van der Waals surface area contributed by atoms with E-state index in [-0.39, 0.29) is 11.4 Å². The maximum Gasteiger partial charge on any atom is 0.338 e. The average Bonchev–Trinajstić information content (AvgIpc) is 3.66. The molecule has 9 aromatic rings. The number of fused-ring (bicyclic) bond motifs is 2. The van der Waals surface area contributed by atoms with E-state index in [4.69, 9.17) is 0 Å². The van der Waals surface area contributed by atoms with E-state index in [1.807, 2.05) is 182 Å². The molecule has 0 amide bonds. The standard InChI is InChI=1S/C44H32N6O2/c51-43-47(33-15-5-2-6-16-33)39-19-9-10-20-40(39)49(43)35-27-29-36(30-28-35)50-42-22-12-11-21-41(42)48(44(50)52)34-25-23-32(24-26-34)46-38-18-8-7-17-37(38)45-31-13-3-1-4-14-31/h1-30,45-46H. The van der Waals surface area contributed by atoms with Crippen molar-refractivity contribution in [3.8, 4) is 22.7 Å². The van der Waals surface area contributed by atoms with Gasteiger partial charge in [0.1, 0.15) is 0 Å². The zero-order valence-corrected chi connectivity index (χ0v) is 27.9. The average molecular weight is 677 g/mol. The number of benzene rings is 7. The predicted octanol–water partition coefficient (Wildman–Crippen LogP) is 9.36. The van der Waals surface area contributed by atoms with Crippen molar-refractivity contribution in [1.82, 2.24) is 18.3 Å². The Morgan fingerprint density at radius 2 is 0.577 bits per heavy atom. The van der Waals surface area contributed by atoms with Gasteiger partial charge in [0.15, 0.2) is 0 Å². The summed E-state index contributed by atoms with van der Waals surface area (Å²) < 4.78 is 6.88. The van der Waals surface area contributed by atoms with Crippen molar-refractivity contribution in [3.63, 3.8) is 0 Å². The number of aromatic nitrogens is 4. The minimum atomic E-state index is -0.190. The molecule has 7 aromatic carbocycles. The molecular formula is C44H32N6O2. The largest absolute Gasteiger partial charge is 0.354 e. The van der Waals surface area contributed by atoms with Gasteiger partial charge in [0.25, 0.3) is 0 Å². The Kier molecular flexibility index (Phi) is 7.59. The van der Waals surface area contributed by atoms with Gasteiger partial charge in [-0.1, -0.05) is 72.8 Å². The third-order valence-corrected chi connectivity index (χ3v) is 9.26. The molecule has 0 aliphatic rings. The molecule has 0 aliphatic heterocycles. The highest BCUT2D eigenvalue weighted by atomic mass is 16.2. The lowest BCUT2D eigenvalue weighted by Gasteiger charge is -2.14. The molecular weight excluding hydrogens is 645 g/mol. The number of nitrogens with one attached hydrogen (secondary N) is 2. The third kappa shape index (κ3) is 5.35. The molecule has 2 heterocycles. The lowest BCUT2D eigenvalue weighted by atomic mass is 10.2. The van der Waals surface area contributed by atoms with Gasteiger partial charge in [0.05, 0.1) is 56.2 Å². The summed E-state index contributed by atoms with van der Waals surface area (Å²) in [4.78, 5) is 28.2. The summed E-state index contributed by atoms with van der Waals surface area (Å²) in [5.41, 5.74) is 9.56. The van der Waals surface area contributed by atoms with Gasteiger partial charge in [-0.2, -0.15) is 0 Å². The smallest absolute Gasteiger partial charge is 0.338 e. The zero-order chi connectivity index (χ0) is 35.0. The molecule has 0 bridgehead atoms. The highest BCUT2D eigenvalue weighted by Gasteiger charge is 2.18. The van der Waals surface area contributed by atoms with Crippen LogP contribution in [0.2, 0.25) is 0 Å². The van der Waals surface area contributed by atoms with E-state index >= 15 is 0 Å². The number of para-hydroxylation sites is 8. The number of nitrogens with zero attached hydrogens (tertiary/aromatic N) is 4. The quantitative estimate of drug-likeness (QED) is 0.168. The first kappa shape index (κ1) is 30.7. The van der Waals surface area contributed by atoms with E-state index in [2.05, 4.69) is 10.6 Å². The van der Waals surface area contributed by atoms with E-state index in [9.17, 15) is 9.59 Å². The maximum atomic E-state index is 14.3. The van der Waals surface area contributed by atoms with Crippen molar-refractivity contribution in [3.05, 3.63) is 203 Å². The van der Waals surface area contributed by atoms with Crippen LogP contribution in [0.1, 0.15) is 0 Å². The second kappa shape index (κ2) is 12.9. The number of rotatable bonds is 8. The Morgan fingerprint density at radius 1 is 0.288 bits per heavy atom. The Bertz CT molecular complexity index is 2810. The van der Waals surface area contributed by atoms with Crippen molar-refractivity contribution >= 4 is 44.8 Å². The van der Waals surface area contributed by atoms with Gasteiger partial charge in [-0.25, -0.2) is 9.59 Å². The number of hydrogen-bond acceptors (Lipinski definition) is 4.